The van der Waals surface area contributed by atoms with Crippen molar-refractivity contribution in [2.24, 2.45) is 0 Å². The summed E-state index contributed by atoms with van der Waals surface area (Å²) in [5.74, 6) is -0.0130. The van der Waals surface area contributed by atoms with Gasteiger partial charge in [0, 0.05) is 11.3 Å². The number of rotatable bonds is 3. The predicted octanol–water partition coefficient (Wildman–Crippen LogP) is 4.67. The van der Waals surface area contributed by atoms with Crippen molar-refractivity contribution in [1.82, 2.24) is 0 Å². The molecule has 0 atom stereocenters. The molecular formula is C19H21NO4. The van der Waals surface area contributed by atoms with Crippen molar-refractivity contribution in [1.29, 1.82) is 0 Å². The molecule has 0 unspecified atom stereocenters. The third-order valence-electron chi connectivity index (χ3n) is 3.02. The molecule has 5 heteroatoms. The zero-order valence-electron chi connectivity index (χ0n) is 14.3. The van der Waals surface area contributed by atoms with Gasteiger partial charge in [-0.2, -0.15) is 0 Å². The number of fused-ring (bicyclic) bond motifs is 1. The fourth-order valence-corrected chi connectivity index (χ4v) is 1.98. The highest BCUT2D eigenvalue weighted by Crippen LogP contribution is 2.24. The molecule has 0 aliphatic rings. The van der Waals surface area contributed by atoms with Gasteiger partial charge in [0.15, 0.2) is 0 Å². The van der Waals surface area contributed by atoms with Crippen LogP contribution in [0.2, 0.25) is 0 Å². The zero-order valence-corrected chi connectivity index (χ0v) is 14.3. The van der Waals surface area contributed by atoms with Crippen molar-refractivity contribution in [2.45, 2.75) is 33.3 Å². The number of anilines is 1. The Morgan fingerprint density at radius 2 is 1.67 bits per heavy atom. The number of ether oxygens (including phenoxy) is 2. The van der Waals surface area contributed by atoms with Gasteiger partial charge in [-0.1, -0.05) is 18.7 Å². The minimum absolute atomic E-state index is 0.340. The van der Waals surface area contributed by atoms with E-state index in [2.05, 4.69) is 11.9 Å². The summed E-state index contributed by atoms with van der Waals surface area (Å²) < 4.78 is 10.4. The highest BCUT2D eigenvalue weighted by molar-refractivity contribution is 5.93. The molecule has 5 nitrogen and oxygen atoms in total. The molecule has 2 rings (SSSR count). The fraction of sp³-hybridized carbons (Fsp3) is 0.263. The van der Waals surface area contributed by atoms with Gasteiger partial charge in [0.2, 0.25) is 0 Å². The van der Waals surface area contributed by atoms with E-state index in [0.29, 0.717) is 17.0 Å². The number of nitrogens with one attached hydrogen (secondary N) is 1. The molecule has 2 aromatic carbocycles. The quantitative estimate of drug-likeness (QED) is 0.505. The van der Waals surface area contributed by atoms with Crippen LogP contribution < -0.4 is 10.1 Å². The summed E-state index contributed by atoms with van der Waals surface area (Å²) >= 11 is 0. The van der Waals surface area contributed by atoms with Gasteiger partial charge in [-0.05, 0) is 62.7 Å². The molecule has 126 valence electrons. The van der Waals surface area contributed by atoms with Crippen LogP contribution in [-0.2, 0) is 9.53 Å². The Hall–Kier alpha value is -2.82. The van der Waals surface area contributed by atoms with Gasteiger partial charge >= 0.3 is 12.1 Å². The van der Waals surface area contributed by atoms with E-state index in [1.54, 1.807) is 45.9 Å². The number of carbonyl (C=O) groups excluding carboxylic acids is 2. The molecule has 0 spiro atoms. The average molecular weight is 327 g/mol. The number of hydrogen-bond donors (Lipinski definition) is 1. The third kappa shape index (κ3) is 4.84. The van der Waals surface area contributed by atoms with Crippen molar-refractivity contribution in [3.8, 4) is 5.75 Å². The first-order valence-electron chi connectivity index (χ1n) is 7.55. The summed E-state index contributed by atoms with van der Waals surface area (Å²) in [7, 11) is 0. The molecule has 0 fully saturated rings. The lowest BCUT2D eigenvalue weighted by Crippen LogP contribution is -2.27. The van der Waals surface area contributed by atoms with E-state index in [0.717, 1.165) is 10.8 Å². The van der Waals surface area contributed by atoms with Crippen molar-refractivity contribution in [2.75, 3.05) is 5.32 Å². The molecule has 0 aromatic heterocycles. The molecular weight excluding hydrogens is 306 g/mol. The molecule has 0 aliphatic carbocycles. The molecule has 1 N–H and O–H groups in total. The van der Waals surface area contributed by atoms with Crippen LogP contribution in [0.5, 0.6) is 5.75 Å². The van der Waals surface area contributed by atoms with E-state index in [9.17, 15) is 9.59 Å². The third-order valence-corrected chi connectivity index (χ3v) is 3.02. The number of esters is 1. The summed E-state index contributed by atoms with van der Waals surface area (Å²) in [4.78, 5) is 23.4. The van der Waals surface area contributed by atoms with Gasteiger partial charge in [-0.15, -0.1) is 0 Å². The van der Waals surface area contributed by atoms with Crippen molar-refractivity contribution in [3.63, 3.8) is 0 Å². The molecule has 0 saturated heterocycles. The lowest BCUT2D eigenvalue weighted by Gasteiger charge is -2.19. The number of amides is 1. The Kier molecular flexibility index (Phi) is 4.93. The van der Waals surface area contributed by atoms with Gasteiger partial charge in [0.25, 0.3) is 0 Å². The lowest BCUT2D eigenvalue weighted by molar-refractivity contribution is -0.130. The zero-order chi connectivity index (χ0) is 17.9. The Morgan fingerprint density at radius 1 is 1.04 bits per heavy atom. The van der Waals surface area contributed by atoms with Gasteiger partial charge in [0.05, 0.1) is 0 Å². The smallest absolute Gasteiger partial charge is 0.412 e. The number of benzene rings is 2. The SMILES string of the molecule is C=C(C)C(=O)Oc1ccc2cc(NC(=O)OC(C)(C)C)ccc2c1. The van der Waals surface area contributed by atoms with Crippen LogP contribution in [0.3, 0.4) is 0 Å². The minimum Gasteiger partial charge on any atom is -0.444 e. The maximum atomic E-state index is 11.8. The second-order valence-corrected chi connectivity index (χ2v) is 6.52. The van der Waals surface area contributed by atoms with E-state index in [1.165, 1.54) is 0 Å². The molecule has 24 heavy (non-hydrogen) atoms. The van der Waals surface area contributed by atoms with Crippen LogP contribution in [0.15, 0.2) is 48.6 Å². The number of carbonyl (C=O) groups is 2. The van der Waals surface area contributed by atoms with Gasteiger partial charge < -0.3 is 9.47 Å². The maximum absolute atomic E-state index is 11.8. The second kappa shape index (κ2) is 6.74. The van der Waals surface area contributed by atoms with Crippen LogP contribution in [0.4, 0.5) is 10.5 Å². The Morgan fingerprint density at radius 3 is 2.29 bits per heavy atom. The molecule has 0 heterocycles. The van der Waals surface area contributed by atoms with E-state index >= 15 is 0 Å². The normalized spacial score (nSPS) is 11.0. The molecule has 0 saturated carbocycles. The first-order chi connectivity index (χ1) is 11.1. The predicted molar refractivity (Wildman–Crippen MR) is 94.3 cm³/mol. The van der Waals surface area contributed by atoms with E-state index in [1.807, 2.05) is 18.2 Å². The highest BCUT2D eigenvalue weighted by Gasteiger charge is 2.16. The van der Waals surface area contributed by atoms with E-state index in [-0.39, 0.29) is 0 Å². The Bertz CT molecular complexity index is 803. The summed E-state index contributed by atoms with van der Waals surface area (Å²) in [5.41, 5.74) is 0.415. The average Bonchev–Trinajstić information content (AvgIpc) is 2.45. The van der Waals surface area contributed by atoms with E-state index in [4.69, 9.17) is 9.47 Å². The molecule has 0 aliphatic heterocycles. The van der Waals surface area contributed by atoms with Crippen LogP contribution in [-0.4, -0.2) is 17.7 Å². The van der Waals surface area contributed by atoms with Crippen molar-refractivity contribution in [3.05, 3.63) is 48.6 Å². The maximum Gasteiger partial charge on any atom is 0.412 e. The van der Waals surface area contributed by atoms with E-state index < -0.39 is 17.7 Å². The minimum atomic E-state index is -0.553. The fourth-order valence-electron chi connectivity index (χ4n) is 1.98. The lowest BCUT2D eigenvalue weighted by atomic mass is 10.1. The van der Waals surface area contributed by atoms with Crippen molar-refractivity contribution < 1.29 is 19.1 Å². The first-order valence-corrected chi connectivity index (χ1v) is 7.55. The van der Waals surface area contributed by atoms with Crippen LogP contribution in [0, 0.1) is 0 Å². The molecule has 2 aromatic rings. The molecule has 0 radical (unpaired) electrons. The Labute approximate surface area is 141 Å². The summed E-state index contributed by atoms with van der Waals surface area (Å²) in [6.45, 7) is 10.6. The molecule has 1 amide bonds. The topological polar surface area (TPSA) is 64.6 Å². The Balaban J connectivity index is 2.16. The summed E-state index contributed by atoms with van der Waals surface area (Å²) in [5, 5.41) is 4.48. The summed E-state index contributed by atoms with van der Waals surface area (Å²) in [6, 6.07) is 10.7. The first kappa shape index (κ1) is 17.5. The number of hydrogen-bond acceptors (Lipinski definition) is 4. The summed E-state index contributed by atoms with van der Waals surface area (Å²) in [6.07, 6.45) is -0.506. The second-order valence-electron chi connectivity index (χ2n) is 6.52. The van der Waals surface area contributed by atoms with Crippen molar-refractivity contribution >= 4 is 28.5 Å². The van der Waals surface area contributed by atoms with Crippen LogP contribution in [0.25, 0.3) is 10.8 Å². The van der Waals surface area contributed by atoms with Gasteiger partial charge in [-0.3, -0.25) is 5.32 Å². The standard InChI is InChI=1S/C19H21NO4/c1-12(2)17(21)23-16-9-7-13-10-15(8-6-14(13)11-16)20-18(22)24-19(3,4)5/h6-11H,1H2,2-5H3,(H,20,22). The molecule has 0 bridgehead atoms. The highest BCUT2D eigenvalue weighted by atomic mass is 16.6. The van der Waals surface area contributed by atoms with Crippen LogP contribution in [0.1, 0.15) is 27.7 Å². The monoisotopic (exact) mass is 327 g/mol. The van der Waals surface area contributed by atoms with Gasteiger partial charge in [-0.25, -0.2) is 9.59 Å². The van der Waals surface area contributed by atoms with Crippen LogP contribution >= 0.6 is 0 Å². The largest absolute Gasteiger partial charge is 0.444 e. The van der Waals surface area contributed by atoms with Gasteiger partial charge in [0.1, 0.15) is 11.4 Å².